The van der Waals surface area contributed by atoms with Crippen molar-refractivity contribution in [2.75, 3.05) is 20.1 Å². The lowest BCUT2D eigenvalue weighted by Crippen LogP contribution is -2.43. The molecule has 1 saturated heterocycles. The molecular formula is C17H20F4N4O2. The van der Waals surface area contributed by atoms with E-state index in [1.807, 2.05) is 7.05 Å². The zero-order valence-electron chi connectivity index (χ0n) is 14.7. The van der Waals surface area contributed by atoms with Crippen molar-refractivity contribution in [3.05, 3.63) is 41.1 Å². The summed E-state index contributed by atoms with van der Waals surface area (Å²) in [5, 5.41) is 6.38. The summed E-state index contributed by atoms with van der Waals surface area (Å²) in [6.45, 7) is 1.50. The molecule has 2 aromatic heterocycles. The fourth-order valence-electron chi connectivity index (χ4n) is 3.00. The van der Waals surface area contributed by atoms with Crippen LogP contribution in [0.15, 0.2) is 22.6 Å². The lowest BCUT2D eigenvalue weighted by molar-refractivity contribution is 0.0886. The van der Waals surface area contributed by atoms with E-state index in [0.717, 1.165) is 30.6 Å². The summed E-state index contributed by atoms with van der Waals surface area (Å²) in [4.78, 5) is 14.4. The molecule has 0 unspecified atom stereocenters. The number of hydrogen-bond donors (Lipinski definition) is 1. The second-order valence-corrected chi connectivity index (χ2v) is 6.57. The molecular weight excluding hydrogens is 368 g/mol. The number of carbonyl (C=O) groups is 1. The molecule has 2 aromatic rings. The molecule has 1 N–H and O–H groups in total. The molecule has 0 bridgehead atoms. The highest BCUT2D eigenvalue weighted by Crippen LogP contribution is 2.26. The van der Waals surface area contributed by atoms with Gasteiger partial charge in [0.05, 0.1) is 6.54 Å². The lowest BCUT2D eigenvalue weighted by Gasteiger charge is -2.29. The van der Waals surface area contributed by atoms with Gasteiger partial charge in [0.25, 0.3) is 18.8 Å². The first kappa shape index (κ1) is 19.4. The number of nitrogens with zero attached hydrogens (tertiary/aromatic N) is 3. The van der Waals surface area contributed by atoms with Crippen LogP contribution >= 0.6 is 0 Å². The molecule has 0 saturated carbocycles. The number of amides is 1. The van der Waals surface area contributed by atoms with E-state index in [-0.39, 0.29) is 24.1 Å². The second-order valence-electron chi connectivity index (χ2n) is 6.57. The van der Waals surface area contributed by atoms with Crippen molar-refractivity contribution in [3.63, 3.8) is 0 Å². The smallest absolute Gasteiger partial charge is 0.287 e. The molecule has 148 valence electrons. The van der Waals surface area contributed by atoms with Crippen molar-refractivity contribution in [2.45, 2.75) is 38.3 Å². The zero-order chi connectivity index (χ0) is 19.6. The Morgan fingerprint density at radius 3 is 2.59 bits per heavy atom. The zero-order valence-corrected chi connectivity index (χ0v) is 14.7. The van der Waals surface area contributed by atoms with Gasteiger partial charge in [-0.2, -0.15) is 5.10 Å². The topological polar surface area (TPSA) is 63.3 Å². The molecule has 1 fully saturated rings. The summed E-state index contributed by atoms with van der Waals surface area (Å²) in [5.74, 6) is -0.170. The highest BCUT2D eigenvalue weighted by molar-refractivity contribution is 5.91. The SMILES string of the molecule is CN1CCC(NC(=O)c2ccc(Cn3nc(C(F)F)cc3C(F)F)o2)CC1. The van der Waals surface area contributed by atoms with Crippen molar-refractivity contribution in [2.24, 2.45) is 0 Å². The predicted octanol–water partition coefficient (Wildman–Crippen LogP) is 3.22. The molecule has 0 spiro atoms. The van der Waals surface area contributed by atoms with Gasteiger partial charge in [0.2, 0.25) is 0 Å². The maximum absolute atomic E-state index is 13.0. The van der Waals surface area contributed by atoms with Gasteiger partial charge in [0.15, 0.2) is 5.76 Å². The van der Waals surface area contributed by atoms with E-state index in [4.69, 9.17) is 4.42 Å². The molecule has 27 heavy (non-hydrogen) atoms. The molecule has 0 radical (unpaired) electrons. The summed E-state index contributed by atoms with van der Waals surface area (Å²) in [7, 11) is 2.01. The average Bonchev–Trinajstić information content (AvgIpc) is 3.24. The molecule has 0 aliphatic carbocycles. The second kappa shape index (κ2) is 8.12. The maximum Gasteiger partial charge on any atom is 0.287 e. The Labute approximate surface area is 153 Å². The number of furan rings is 1. The third-order valence-corrected chi connectivity index (χ3v) is 4.52. The Hall–Kier alpha value is -2.36. The van der Waals surface area contributed by atoms with Crippen molar-refractivity contribution in [1.29, 1.82) is 0 Å². The standard InChI is InChI=1S/C17H20F4N4O2/c1-24-6-4-10(5-7-24)22-17(26)14-3-2-11(27-14)9-25-13(16(20)21)8-12(23-25)15(18)19/h2-3,8,10,15-16H,4-7,9H2,1H3,(H,22,26). The monoisotopic (exact) mass is 388 g/mol. The minimum Gasteiger partial charge on any atom is -0.454 e. The number of piperidine rings is 1. The van der Waals surface area contributed by atoms with Gasteiger partial charge in [-0.15, -0.1) is 0 Å². The lowest BCUT2D eigenvalue weighted by atomic mass is 10.1. The van der Waals surface area contributed by atoms with Crippen molar-refractivity contribution in [3.8, 4) is 0 Å². The molecule has 1 amide bonds. The Morgan fingerprint density at radius 2 is 1.96 bits per heavy atom. The third-order valence-electron chi connectivity index (χ3n) is 4.52. The Morgan fingerprint density at radius 1 is 1.26 bits per heavy atom. The first-order valence-corrected chi connectivity index (χ1v) is 8.55. The van der Waals surface area contributed by atoms with E-state index in [0.29, 0.717) is 6.07 Å². The molecule has 0 atom stereocenters. The normalized spacial score (nSPS) is 16.4. The van der Waals surface area contributed by atoms with E-state index < -0.39 is 30.1 Å². The quantitative estimate of drug-likeness (QED) is 0.772. The van der Waals surface area contributed by atoms with Crippen LogP contribution in [0, 0.1) is 0 Å². The number of carbonyl (C=O) groups excluding carboxylic acids is 1. The number of rotatable bonds is 6. The van der Waals surface area contributed by atoms with Gasteiger partial charge in [-0.1, -0.05) is 0 Å². The fourth-order valence-corrected chi connectivity index (χ4v) is 3.00. The highest BCUT2D eigenvalue weighted by Gasteiger charge is 2.23. The summed E-state index contributed by atoms with van der Waals surface area (Å²) in [6, 6.07) is 3.60. The molecule has 1 aliphatic rings. The number of aromatic nitrogens is 2. The van der Waals surface area contributed by atoms with Gasteiger partial charge < -0.3 is 14.6 Å². The van der Waals surface area contributed by atoms with Gasteiger partial charge in [0.1, 0.15) is 17.1 Å². The molecule has 1 aliphatic heterocycles. The first-order chi connectivity index (χ1) is 12.8. The number of alkyl halides is 4. The largest absolute Gasteiger partial charge is 0.454 e. The van der Waals surface area contributed by atoms with Crippen LogP contribution in [0.3, 0.4) is 0 Å². The van der Waals surface area contributed by atoms with Gasteiger partial charge in [0, 0.05) is 6.04 Å². The summed E-state index contributed by atoms with van der Waals surface area (Å²) in [6.07, 6.45) is -4.24. The van der Waals surface area contributed by atoms with Crippen molar-refractivity contribution < 1.29 is 26.8 Å². The minimum atomic E-state index is -2.95. The van der Waals surface area contributed by atoms with Gasteiger partial charge in [-0.3, -0.25) is 9.48 Å². The Kier molecular flexibility index (Phi) is 5.83. The van der Waals surface area contributed by atoms with Crippen LogP contribution in [0.1, 0.15) is 53.4 Å². The van der Waals surface area contributed by atoms with E-state index in [1.165, 1.54) is 12.1 Å². The molecule has 3 rings (SSSR count). The van der Waals surface area contributed by atoms with Crippen LogP contribution in [0.5, 0.6) is 0 Å². The average molecular weight is 388 g/mol. The molecule has 10 heteroatoms. The predicted molar refractivity (Wildman–Crippen MR) is 87.9 cm³/mol. The summed E-state index contributed by atoms with van der Waals surface area (Å²) in [5.41, 5.74) is -1.35. The fraction of sp³-hybridized carbons (Fsp3) is 0.529. The minimum absolute atomic E-state index is 0.0452. The van der Waals surface area contributed by atoms with Crippen molar-refractivity contribution >= 4 is 5.91 Å². The highest BCUT2D eigenvalue weighted by atomic mass is 19.3. The summed E-state index contributed by atoms with van der Waals surface area (Å²) >= 11 is 0. The van der Waals surface area contributed by atoms with Crippen LogP contribution in [0.4, 0.5) is 17.6 Å². The van der Waals surface area contributed by atoms with Gasteiger partial charge >= 0.3 is 0 Å². The third kappa shape index (κ3) is 4.68. The van der Waals surface area contributed by atoms with Crippen LogP contribution in [0.25, 0.3) is 0 Å². The number of likely N-dealkylation sites (tertiary alicyclic amines) is 1. The number of hydrogen-bond acceptors (Lipinski definition) is 4. The van der Waals surface area contributed by atoms with Gasteiger partial charge in [-0.25, -0.2) is 17.6 Å². The Balaban J connectivity index is 1.66. The van der Waals surface area contributed by atoms with Crippen LogP contribution < -0.4 is 5.32 Å². The van der Waals surface area contributed by atoms with E-state index >= 15 is 0 Å². The van der Waals surface area contributed by atoms with Crippen LogP contribution in [-0.2, 0) is 6.54 Å². The van der Waals surface area contributed by atoms with E-state index in [9.17, 15) is 22.4 Å². The van der Waals surface area contributed by atoms with Crippen LogP contribution in [0.2, 0.25) is 0 Å². The number of nitrogens with one attached hydrogen (secondary N) is 1. The molecule has 6 nitrogen and oxygen atoms in total. The summed E-state index contributed by atoms with van der Waals surface area (Å²) < 4.78 is 57.7. The first-order valence-electron chi connectivity index (χ1n) is 8.55. The van der Waals surface area contributed by atoms with Crippen molar-refractivity contribution in [1.82, 2.24) is 20.0 Å². The van der Waals surface area contributed by atoms with E-state index in [2.05, 4.69) is 15.3 Å². The number of halogens is 4. The molecule has 3 heterocycles. The maximum atomic E-state index is 13.0. The van der Waals surface area contributed by atoms with Gasteiger partial charge in [-0.05, 0) is 51.2 Å². The van der Waals surface area contributed by atoms with E-state index in [1.54, 1.807) is 0 Å². The Bertz CT molecular complexity index is 782. The molecule has 0 aromatic carbocycles. The van der Waals surface area contributed by atoms with Crippen LogP contribution in [-0.4, -0.2) is 46.8 Å².